The third-order valence-electron chi connectivity index (χ3n) is 4.30. The summed E-state index contributed by atoms with van der Waals surface area (Å²) in [6, 6.07) is 0. The summed E-state index contributed by atoms with van der Waals surface area (Å²) in [7, 11) is 0. The van der Waals surface area contributed by atoms with Gasteiger partial charge in [0, 0.05) is 18.5 Å². The van der Waals surface area contributed by atoms with Crippen LogP contribution < -0.4 is 10.3 Å². The highest BCUT2D eigenvalue weighted by Gasteiger charge is 2.28. The highest BCUT2D eigenvalue weighted by Crippen LogP contribution is 2.44. The van der Waals surface area contributed by atoms with Crippen molar-refractivity contribution in [2.24, 2.45) is 0 Å². The van der Waals surface area contributed by atoms with Crippen LogP contribution in [0.15, 0.2) is 8.58 Å². The number of aromatic nitrogens is 1. The van der Waals surface area contributed by atoms with Gasteiger partial charge in [-0.1, -0.05) is 0 Å². The van der Waals surface area contributed by atoms with E-state index in [1.807, 2.05) is 4.90 Å². The normalized spacial score (nSPS) is 17.6. The van der Waals surface area contributed by atoms with Crippen molar-refractivity contribution < 1.29 is 9.53 Å². The van der Waals surface area contributed by atoms with Gasteiger partial charge in [0.15, 0.2) is 5.75 Å². The topological polar surface area (TPSA) is 62.4 Å². The third kappa shape index (κ3) is 2.10. The van der Waals surface area contributed by atoms with Crippen LogP contribution in [0.4, 0.5) is 0 Å². The number of aryl methyl sites for hydroxylation is 1. The SMILES string of the molecule is O=C(c1[nH]c(=O)c2sc(Br)c3c2c1CCCO3)N1CCCC1. The predicted molar refractivity (Wildman–Crippen MR) is 89.1 cm³/mol. The van der Waals surface area contributed by atoms with Gasteiger partial charge in [-0.05, 0) is 47.2 Å². The average Bonchev–Trinajstić information content (AvgIpc) is 3.08. The summed E-state index contributed by atoms with van der Waals surface area (Å²) in [4.78, 5) is 29.9. The molecule has 2 aromatic heterocycles. The minimum absolute atomic E-state index is 0.0540. The lowest BCUT2D eigenvalue weighted by Crippen LogP contribution is -2.31. The molecule has 0 aliphatic carbocycles. The van der Waals surface area contributed by atoms with Crippen LogP contribution in [0.5, 0.6) is 5.75 Å². The van der Waals surface area contributed by atoms with Crippen LogP contribution in [-0.4, -0.2) is 35.5 Å². The number of thiophene rings is 1. The highest BCUT2D eigenvalue weighted by atomic mass is 79.9. The number of amides is 1. The third-order valence-corrected chi connectivity index (χ3v) is 6.10. The first-order valence-corrected chi connectivity index (χ1v) is 9.07. The number of nitrogens with zero attached hydrogens (tertiary/aromatic N) is 1. The van der Waals surface area contributed by atoms with Crippen molar-refractivity contribution in [3.05, 3.63) is 25.4 Å². The number of rotatable bonds is 1. The number of H-pyrrole nitrogens is 1. The van der Waals surface area contributed by atoms with E-state index in [1.165, 1.54) is 11.3 Å². The molecule has 1 fully saturated rings. The van der Waals surface area contributed by atoms with Gasteiger partial charge in [0.25, 0.3) is 11.5 Å². The molecule has 116 valence electrons. The van der Waals surface area contributed by atoms with Crippen molar-refractivity contribution >= 4 is 43.3 Å². The Balaban J connectivity index is 1.96. The largest absolute Gasteiger partial charge is 0.491 e. The minimum Gasteiger partial charge on any atom is -0.491 e. The number of halogens is 1. The summed E-state index contributed by atoms with van der Waals surface area (Å²) in [6.07, 6.45) is 3.66. The number of hydrogen-bond donors (Lipinski definition) is 1. The van der Waals surface area contributed by atoms with Gasteiger partial charge >= 0.3 is 0 Å². The minimum atomic E-state index is -0.205. The van der Waals surface area contributed by atoms with Crippen LogP contribution in [0.2, 0.25) is 0 Å². The van der Waals surface area contributed by atoms with Crippen molar-refractivity contribution in [3.8, 4) is 5.75 Å². The molecule has 0 bridgehead atoms. The molecule has 7 heteroatoms. The van der Waals surface area contributed by atoms with E-state index in [4.69, 9.17) is 4.74 Å². The Bertz CT molecular complexity index is 820. The number of hydrogen-bond acceptors (Lipinski definition) is 4. The van der Waals surface area contributed by atoms with E-state index in [2.05, 4.69) is 20.9 Å². The fraction of sp³-hybridized carbons (Fsp3) is 0.467. The number of aromatic amines is 1. The molecule has 2 aromatic rings. The maximum atomic E-state index is 12.8. The second-order valence-corrected chi connectivity index (χ2v) is 8.01. The number of ether oxygens (including phenoxy) is 1. The molecule has 0 radical (unpaired) electrons. The molecule has 1 N–H and O–H groups in total. The zero-order chi connectivity index (χ0) is 15.3. The van der Waals surface area contributed by atoms with E-state index < -0.39 is 0 Å². The monoisotopic (exact) mass is 382 g/mol. The molecule has 2 aliphatic heterocycles. The second kappa shape index (κ2) is 5.38. The fourth-order valence-electron chi connectivity index (χ4n) is 3.26. The van der Waals surface area contributed by atoms with Gasteiger partial charge in [0.2, 0.25) is 0 Å². The number of nitrogens with one attached hydrogen (secondary N) is 1. The van der Waals surface area contributed by atoms with Crippen LogP contribution >= 0.6 is 27.3 Å². The van der Waals surface area contributed by atoms with Gasteiger partial charge in [-0.25, -0.2) is 0 Å². The summed E-state index contributed by atoms with van der Waals surface area (Å²) in [5.74, 6) is 0.663. The molecular formula is C15H15BrN2O3S. The zero-order valence-corrected chi connectivity index (χ0v) is 14.3. The summed E-state index contributed by atoms with van der Waals surface area (Å²) < 4.78 is 7.25. The molecule has 4 rings (SSSR count). The zero-order valence-electron chi connectivity index (χ0n) is 11.9. The molecule has 0 unspecified atom stereocenters. The average molecular weight is 383 g/mol. The van der Waals surface area contributed by atoms with Crippen molar-refractivity contribution in [3.63, 3.8) is 0 Å². The first-order valence-electron chi connectivity index (χ1n) is 7.46. The molecular weight excluding hydrogens is 368 g/mol. The van der Waals surface area contributed by atoms with Gasteiger partial charge in [0.1, 0.15) is 14.2 Å². The maximum absolute atomic E-state index is 12.8. The lowest BCUT2D eigenvalue weighted by atomic mass is 10.0. The van der Waals surface area contributed by atoms with E-state index in [-0.39, 0.29) is 11.5 Å². The Morgan fingerprint density at radius 2 is 2.05 bits per heavy atom. The van der Waals surface area contributed by atoms with Crippen LogP contribution in [0.1, 0.15) is 35.3 Å². The summed E-state index contributed by atoms with van der Waals surface area (Å²) in [5, 5.41) is 0.820. The van der Waals surface area contributed by atoms with E-state index in [1.54, 1.807) is 0 Å². The van der Waals surface area contributed by atoms with Crippen LogP contribution in [0.3, 0.4) is 0 Å². The van der Waals surface area contributed by atoms with Crippen molar-refractivity contribution in [1.29, 1.82) is 0 Å². The van der Waals surface area contributed by atoms with Gasteiger partial charge < -0.3 is 14.6 Å². The molecule has 2 aliphatic rings. The molecule has 0 saturated carbocycles. The van der Waals surface area contributed by atoms with E-state index in [0.717, 1.165) is 53.5 Å². The highest BCUT2D eigenvalue weighted by molar-refractivity contribution is 9.11. The molecule has 0 atom stereocenters. The fourth-order valence-corrected chi connectivity index (χ4v) is 4.95. The number of pyridine rings is 1. The number of carbonyl (C=O) groups is 1. The smallest absolute Gasteiger partial charge is 0.270 e. The van der Waals surface area contributed by atoms with Crippen LogP contribution in [0.25, 0.3) is 10.1 Å². The Hall–Kier alpha value is -1.34. The van der Waals surface area contributed by atoms with Crippen LogP contribution in [0, 0.1) is 0 Å². The quantitative estimate of drug-likeness (QED) is 0.824. The molecule has 22 heavy (non-hydrogen) atoms. The summed E-state index contributed by atoms with van der Waals surface area (Å²) >= 11 is 4.85. The Kier molecular flexibility index (Phi) is 3.49. The van der Waals surface area contributed by atoms with Crippen LogP contribution in [-0.2, 0) is 6.42 Å². The molecule has 0 aromatic carbocycles. The Labute approximate surface area is 139 Å². The molecule has 5 nitrogen and oxygen atoms in total. The van der Waals surface area contributed by atoms with E-state index >= 15 is 0 Å². The predicted octanol–water partition coefficient (Wildman–Crippen LogP) is 2.91. The van der Waals surface area contributed by atoms with Gasteiger partial charge in [0.05, 0.1) is 6.61 Å². The number of likely N-dealkylation sites (tertiary alicyclic amines) is 1. The Morgan fingerprint density at radius 1 is 1.27 bits per heavy atom. The van der Waals surface area contributed by atoms with Crippen molar-refractivity contribution in [1.82, 2.24) is 9.88 Å². The van der Waals surface area contributed by atoms with Gasteiger partial charge in [-0.3, -0.25) is 9.59 Å². The molecule has 1 saturated heterocycles. The van der Waals surface area contributed by atoms with Crippen molar-refractivity contribution in [2.45, 2.75) is 25.7 Å². The standard InChI is InChI=1S/C15H15BrN2O3S/c16-13-11-9-8(4-3-7-21-11)10(17-14(19)12(9)22-13)15(20)18-5-1-2-6-18/h1-7H2,(H,17,19). The van der Waals surface area contributed by atoms with Gasteiger partial charge in [-0.15, -0.1) is 11.3 Å². The van der Waals surface area contributed by atoms with Crippen molar-refractivity contribution in [2.75, 3.05) is 19.7 Å². The summed E-state index contributed by atoms with van der Waals surface area (Å²) in [5.41, 5.74) is 1.18. The molecule has 1 amide bonds. The first-order chi connectivity index (χ1) is 10.7. The van der Waals surface area contributed by atoms with Gasteiger partial charge in [-0.2, -0.15) is 0 Å². The summed E-state index contributed by atoms with van der Waals surface area (Å²) in [6.45, 7) is 2.15. The second-order valence-electron chi connectivity index (χ2n) is 5.67. The maximum Gasteiger partial charge on any atom is 0.270 e. The van der Waals surface area contributed by atoms with E-state index in [9.17, 15) is 9.59 Å². The number of carbonyl (C=O) groups excluding carboxylic acids is 1. The molecule has 0 spiro atoms. The Morgan fingerprint density at radius 3 is 2.82 bits per heavy atom. The molecule has 4 heterocycles. The lowest BCUT2D eigenvalue weighted by molar-refractivity contribution is 0.0786. The lowest BCUT2D eigenvalue weighted by Gasteiger charge is -2.17. The first kappa shape index (κ1) is 14.3. The van der Waals surface area contributed by atoms with E-state index in [0.29, 0.717) is 22.8 Å².